The normalized spacial score (nSPS) is 12.3. The van der Waals surface area contributed by atoms with Gasteiger partial charge in [-0.15, -0.1) is 0 Å². The number of nitrogens with zero attached hydrogens (tertiary/aromatic N) is 1. The van der Waals surface area contributed by atoms with E-state index in [-0.39, 0.29) is 23.4 Å². The number of aromatic nitrogens is 1. The van der Waals surface area contributed by atoms with E-state index in [1.54, 1.807) is 24.3 Å². The van der Waals surface area contributed by atoms with Crippen LogP contribution in [-0.4, -0.2) is 25.1 Å². The van der Waals surface area contributed by atoms with Crippen LogP contribution in [0.4, 0.5) is 13.2 Å². The van der Waals surface area contributed by atoms with Crippen LogP contribution in [-0.2, 0) is 29.0 Å². The standard InChI is InChI=1S/C28H27F3N2O3S/c1-18(2)33-24(14-19-4-9-23(10-5-19)28(29,30)31)16-22-15-21(8-13-26(22)33)27(34)32-17-20-6-11-25(12-7-20)37(3,35)36/h4-13,15-16,18H,14,17H2,1-3H3,(H,32,34). The number of nitrogens with one attached hydrogen (secondary N) is 1. The maximum atomic E-state index is 12.9. The van der Waals surface area contributed by atoms with Crippen molar-refractivity contribution in [1.82, 2.24) is 9.88 Å². The zero-order chi connectivity index (χ0) is 27.0. The zero-order valence-corrected chi connectivity index (χ0v) is 21.5. The molecule has 0 fully saturated rings. The SMILES string of the molecule is CC(C)n1c(Cc2ccc(C(F)(F)F)cc2)cc2cc(C(=O)NCc3ccc(S(C)(=O)=O)cc3)ccc21. The highest BCUT2D eigenvalue weighted by Gasteiger charge is 2.30. The number of alkyl halides is 3. The van der Waals surface area contributed by atoms with Crippen molar-refractivity contribution < 1.29 is 26.4 Å². The van der Waals surface area contributed by atoms with Crippen molar-refractivity contribution in [3.05, 3.63) is 101 Å². The average molecular weight is 529 g/mol. The van der Waals surface area contributed by atoms with E-state index in [0.29, 0.717) is 12.0 Å². The highest BCUT2D eigenvalue weighted by molar-refractivity contribution is 7.90. The lowest BCUT2D eigenvalue weighted by Gasteiger charge is -2.15. The number of benzene rings is 3. The summed E-state index contributed by atoms with van der Waals surface area (Å²) in [5.74, 6) is -0.268. The number of carbonyl (C=O) groups is 1. The van der Waals surface area contributed by atoms with Crippen molar-refractivity contribution in [3.63, 3.8) is 0 Å². The molecule has 9 heteroatoms. The molecule has 0 aliphatic heterocycles. The van der Waals surface area contributed by atoms with Crippen molar-refractivity contribution in [2.75, 3.05) is 6.26 Å². The molecule has 37 heavy (non-hydrogen) atoms. The molecule has 0 bridgehead atoms. The highest BCUT2D eigenvalue weighted by atomic mass is 32.2. The number of amides is 1. The molecule has 1 heterocycles. The lowest BCUT2D eigenvalue weighted by Crippen LogP contribution is -2.22. The summed E-state index contributed by atoms with van der Waals surface area (Å²) in [6.45, 7) is 4.31. The third-order valence-corrected chi connectivity index (χ3v) is 7.30. The van der Waals surface area contributed by atoms with Crippen LogP contribution in [0.2, 0.25) is 0 Å². The number of hydrogen-bond acceptors (Lipinski definition) is 3. The Balaban J connectivity index is 1.53. The molecule has 3 aromatic carbocycles. The molecule has 4 rings (SSSR count). The lowest BCUT2D eigenvalue weighted by molar-refractivity contribution is -0.137. The van der Waals surface area contributed by atoms with Crippen molar-refractivity contribution in [2.45, 2.75) is 43.9 Å². The van der Waals surface area contributed by atoms with Gasteiger partial charge in [0.25, 0.3) is 5.91 Å². The summed E-state index contributed by atoms with van der Waals surface area (Å²) in [7, 11) is -3.28. The Morgan fingerprint density at radius 1 is 0.919 bits per heavy atom. The summed E-state index contributed by atoms with van der Waals surface area (Å²) in [5, 5.41) is 3.71. The number of hydrogen-bond donors (Lipinski definition) is 1. The molecule has 0 aliphatic carbocycles. The van der Waals surface area contributed by atoms with Gasteiger partial charge in [-0.25, -0.2) is 8.42 Å². The van der Waals surface area contributed by atoms with Gasteiger partial charge in [0.15, 0.2) is 9.84 Å². The quantitative estimate of drug-likeness (QED) is 0.312. The van der Waals surface area contributed by atoms with E-state index in [4.69, 9.17) is 0 Å². The molecular formula is C28H27F3N2O3S. The molecule has 0 aliphatic rings. The maximum Gasteiger partial charge on any atom is 0.416 e. The Bertz CT molecular complexity index is 1540. The Kier molecular flexibility index (Phi) is 7.19. The van der Waals surface area contributed by atoms with Crippen LogP contribution in [0.15, 0.2) is 77.7 Å². The molecule has 0 unspecified atom stereocenters. The Hall–Kier alpha value is -3.59. The van der Waals surface area contributed by atoms with Crippen LogP contribution >= 0.6 is 0 Å². The van der Waals surface area contributed by atoms with Gasteiger partial charge < -0.3 is 9.88 Å². The van der Waals surface area contributed by atoms with E-state index < -0.39 is 21.6 Å². The van der Waals surface area contributed by atoms with Gasteiger partial charge in [-0.3, -0.25) is 4.79 Å². The molecule has 0 saturated carbocycles. The molecule has 0 saturated heterocycles. The smallest absolute Gasteiger partial charge is 0.348 e. The van der Waals surface area contributed by atoms with E-state index >= 15 is 0 Å². The maximum absolute atomic E-state index is 12.9. The summed E-state index contributed by atoms with van der Waals surface area (Å²) in [4.78, 5) is 13.0. The van der Waals surface area contributed by atoms with E-state index in [0.717, 1.165) is 46.1 Å². The summed E-state index contributed by atoms with van der Waals surface area (Å²) in [6, 6.07) is 19.0. The van der Waals surface area contributed by atoms with Crippen molar-refractivity contribution >= 4 is 26.6 Å². The second kappa shape index (κ2) is 10.0. The molecule has 1 amide bonds. The topological polar surface area (TPSA) is 68.2 Å². The number of rotatable bonds is 7. The van der Waals surface area contributed by atoms with E-state index in [1.807, 2.05) is 26.0 Å². The second-order valence-electron chi connectivity index (χ2n) is 9.34. The molecule has 0 spiro atoms. The largest absolute Gasteiger partial charge is 0.416 e. The van der Waals surface area contributed by atoms with Crippen LogP contribution < -0.4 is 5.32 Å². The summed E-state index contributed by atoms with van der Waals surface area (Å²) < 4.78 is 64.1. The van der Waals surface area contributed by atoms with Gasteiger partial charge in [-0.2, -0.15) is 13.2 Å². The van der Waals surface area contributed by atoms with Gasteiger partial charge in [0.05, 0.1) is 10.5 Å². The number of fused-ring (bicyclic) bond motifs is 1. The van der Waals surface area contributed by atoms with Crippen molar-refractivity contribution in [2.24, 2.45) is 0 Å². The zero-order valence-electron chi connectivity index (χ0n) is 20.6. The van der Waals surface area contributed by atoms with Crippen molar-refractivity contribution in [3.8, 4) is 0 Å². The van der Waals surface area contributed by atoms with Crippen LogP contribution in [0.1, 0.15) is 52.6 Å². The minimum absolute atomic E-state index is 0.108. The van der Waals surface area contributed by atoms with E-state index in [9.17, 15) is 26.4 Å². The van der Waals surface area contributed by atoms with E-state index in [1.165, 1.54) is 24.3 Å². The number of halogens is 3. The minimum Gasteiger partial charge on any atom is -0.348 e. The monoisotopic (exact) mass is 528 g/mol. The van der Waals surface area contributed by atoms with Gasteiger partial charge >= 0.3 is 6.18 Å². The predicted octanol–water partition coefficient (Wildman–Crippen LogP) is 6.17. The fourth-order valence-electron chi connectivity index (χ4n) is 4.34. The summed E-state index contributed by atoms with van der Waals surface area (Å²) in [6.07, 6.45) is -2.78. The number of carbonyl (C=O) groups excluding carboxylic acids is 1. The first-order chi connectivity index (χ1) is 17.3. The molecule has 0 radical (unpaired) electrons. The molecule has 1 N–H and O–H groups in total. The predicted molar refractivity (Wildman–Crippen MR) is 137 cm³/mol. The molecular weight excluding hydrogens is 501 g/mol. The van der Waals surface area contributed by atoms with E-state index in [2.05, 4.69) is 9.88 Å². The Labute approximate surface area is 213 Å². The van der Waals surface area contributed by atoms with Gasteiger partial charge in [0.2, 0.25) is 0 Å². The van der Waals surface area contributed by atoms with Crippen LogP contribution in [0.25, 0.3) is 10.9 Å². The molecule has 1 aromatic heterocycles. The third-order valence-electron chi connectivity index (χ3n) is 6.17. The highest BCUT2D eigenvalue weighted by Crippen LogP contribution is 2.31. The van der Waals surface area contributed by atoms with Crippen LogP contribution in [0.3, 0.4) is 0 Å². The molecule has 194 valence electrons. The third kappa shape index (κ3) is 6.05. The van der Waals surface area contributed by atoms with Gasteiger partial charge in [0.1, 0.15) is 0 Å². The minimum atomic E-state index is -4.37. The first kappa shape index (κ1) is 26.5. The molecule has 5 nitrogen and oxygen atoms in total. The molecule has 4 aromatic rings. The van der Waals surface area contributed by atoms with Gasteiger partial charge in [-0.05, 0) is 73.5 Å². The lowest BCUT2D eigenvalue weighted by atomic mass is 10.1. The van der Waals surface area contributed by atoms with Crippen molar-refractivity contribution in [1.29, 1.82) is 0 Å². The van der Waals surface area contributed by atoms with Gasteiger partial charge in [-0.1, -0.05) is 24.3 Å². The second-order valence-corrected chi connectivity index (χ2v) is 11.4. The summed E-state index contributed by atoms with van der Waals surface area (Å²) in [5.41, 5.74) is 3.20. The number of sulfone groups is 1. The Morgan fingerprint density at radius 2 is 1.54 bits per heavy atom. The van der Waals surface area contributed by atoms with Crippen LogP contribution in [0, 0.1) is 0 Å². The van der Waals surface area contributed by atoms with Gasteiger partial charge in [0, 0.05) is 47.4 Å². The fraction of sp³-hybridized carbons (Fsp3) is 0.250. The Morgan fingerprint density at radius 3 is 2.11 bits per heavy atom. The average Bonchev–Trinajstić information content (AvgIpc) is 3.19. The molecule has 0 atom stereocenters. The first-order valence-corrected chi connectivity index (χ1v) is 13.6. The van der Waals surface area contributed by atoms with Crippen LogP contribution in [0.5, 0.6) is 0 Å². The summed E-state index contributed by atoms with van der Waals surface area (Å²) >= 11 is 0. The fourth-order valence-corrected chi connectivity index (χ4v) is 4.97. The first-order valence-electron chi connectivity index (χ1n) is 11.7.